The number of carbonyl (C=O) groups excluding carboxylic acids is 1. The highest BCUT2D eigenvalue weighted by molar-refractivity contribution is 5.77. The van der Waals surface area contributed by atoms with Crippen molar-refractivity contribution in [2.75, 3.05) is 26.7 Å². The smallest absolute Gasteiger partial charge is 0.236 e. The van der Waals surface area contributed by atoms with Gasteiger partial charge in [0.1, 0.15) is 0 Å². The van der Waals surface area contributed by atoms with Crippen LogP contribution in [0.5, 0.6) is 0 Å². The van der Waals surface area contributed by atoms with Crippen molar-refractivity contribution in [1.29, 1.82) is 0 Å². The van der Waals surface area contributed by atoms with E-state index in [0.29, 0.717) is 12.6 Å². The minimum absolute atomic E-state index is 0.0234. The minimum atomic E-state index is 0.0234. The molecule has 1 heterocycles. The number of hydrogen-bond donors (Lipinski definition) is 1. The summed E-state index contributed by atoms with van der Waals surface area (Å²) < 4.78 is 5.93. The molecule has 0 aromatic carbocycles. The maximum Gasteiger partial charge on any atom is 0.236 e. The fraction of sp³-hybridized carbons (Fsp3) is 0.929. The molecule has 1 rings (SSSR count). The quantitative estimate of drug-likeness (QED) is 0.788. The molecule has 1 saturated heterocycles. The maximum atomic E-state index is 11.7. The van der Waals surface area contributed by atoms with Gasteiger partial charge in [0.15, 0.2) is 0 Å². The van der Waals surface area contributed by atoms with Gasteiger partial charge < -0.3 is 15.0 Å². The van der Waals surface area contributed by atoms with E-state index in [-0.39, 0.29) is 11.5 Å². The highest BCUT2D eigenvalue weighted by atomic mass is 16.5. The van der Waals surface area contributed by atoms with Crippen LogP contribution < -0.4 is 5.32 Å². The van der Waals surface area contributed by atoms with Crippen LogP contribution in [0.15, 0.2) is 0 Å². The van der Waals surface area contributed by atoms with Crippen LogP contribution in [0, 0.1) is 0 Å². The van der Waals surface area contributed by atoms with Gasteiger partial charge in [0, 0.05) is 26.2 Å². The first-order valence-electron chi connectivity index (χ1n) is 7.18. The zero-order valence-electron chi connectivity index (χ0n) is 12.3. The van der Waals surface area contributed by atoms with Gasteiger partial charge in [-0.2, -0.15) is 0 Å². The summed E-state index contributed by atoms with van der Waals surface area (Å²) in [5, 5.41) is 3.39. The number of nitrogens with one attached hydrogen (secondary N) is 1. The molecule has 1 atom stereocenters. The average molecular weight is 256 g/mol. The lowest BCUT2D eigenvalue weighted by Gasteiger charge is -2.40. The number of likely N-dealkylation sites (N-methyl/N-ethyl adjacent to an activating group) is 1. The van der Waals surface area contributed by atoms with Gasteiger partial charge in [0.25, 0.3) is 0 Å². The molecule has 1 unspecified atom stereocenters. The van der Waals surface area contributed by atoms with Gasteiger partial charge in [0.05, 0.1) is 12.1 Å². The molecule has 0 aromatic heterocycles. The standard InChI is InChI=1S/C14H28N2O2/c1-5-14(6-2)10-12(8-9-18-14)15-11-13(17)16(4)7-3/h12,15H,5-11H2,1-4H3. The second kappa shape index (κ2) is 7.10. The highest BCUT2D eigenvalue weighted by Crippen LogP contribution is 2.31. The van der Waals surface area contributed by atoms with E-state index in [9.17, 15) is 4.79 Å². The predicted octanol–water partition coefficient (Wildman–Crippen LogP) is 1.79. The number of amides is 1. The molecule has 1 N–H and O–H groups in total. The lowest BCUT2D eigenvalue weighted by atomic mass is 9.86. The molecule has 0 aromatic rings. The first kappa shape index (κ1) is 15.4. The van der Waals surface area contributed by atoms with Gasteiger partial charge in [0.2, 0.25) is 5.91 Å². The molecule has 0 aliphatic carbocycles. The highest BCUT2D eigenvalue weighted by Gasteiger charge is 2.34. The molecule has 1 aliphatic heterocycles. The maximum absolute atomic E-state index is 11.7. The van der Waals surface area contributed by atoms with Crippen LogP contribution in [0.4, 0.5) is 0 Å². The van der Waals surface area contributed by atoms with Crippen molar-refractivity contribution in [1.82, 2.24) is 10.2 Å². The number of nitrogens with zero attached hydrogens (tertiary/aromatic N) is 1. The zero-order chi connectivity index (χ0) is 13.6. The summed E-state index contributed by atoms with van der Waals surface area (Å²) in [6.07, 6.45) is 4.11. The van der Waals surface area contributed by atoms with Crippen molar-refractivity contribution >= 4 is 5.91 Å². The molecular weight excluding hydrogens is 228 g/mol. The third-order valence-corrected chi connectivity index (χ3v) is 4.22. The van der Waals surface area contributed by atoms with E-state index in [1.807, 2.05) is 14.0 Å². The first-order valence-corrected chi connectivity index (χ1v) is 7.18. The summed E-state index contributed by atoms with van der Waals surface area (Å²) >= 11 is 0. The van der Waals surface area contributed by atoms with E-state index in [0.717, 1.165) is 38.8 Å². The van der Waals surface area contributed by atoms with Gasteiger partial charge in [-0.25, -0.2) is 0 Å². The Hall–Kier alpha value is -0.610. The molecule has 0 spiro atoms. The van der Waals surface area contributed by atoms with E-state index in [4.69, 9.17) is 4.74 Å². The zero-order valence-corrected chi connectivity index (χ0v) is 12.3. The van der Waals surface area contributed by atoms with Gasteiger partial charge >= 0.3 is 0 Å². The normalized spacial score (nSPS) is 22.8. The van der Waals surface area contributed by atoms with Crippen molar-refractivity contribution in [3.8, 4) is 0 Å². The van der Waals surface area contributed by atoms with Crippen molar-refractivity contribution in [3.63, 3.8) is 0 Å². The third-order valence-electron chi connectivity index (χ3n) is 4.22. The number of carbonyl (C=O) groups is 1. The Kier molecular flexibility index (Phi) is 6.09. The van der Waals surface area contributed by atoms with Crippen LogP contribution in [0.3, 0.4) is 0 Å². The fourth-order valence-electron chi connectivity index (χ4n) is 2.49. The lowest BCUT2D eigenvalue weighted by molar-refractivity contribution is -0.129. The van der Waals surface area contributed by atoms with E-state index in [2.05, 4.69) is 19.2 Å². The summed E-state index contributed by atoms with van der Waals surface area (Å²) in [4.78, 5) is 13.5. The van der Waals surface area contributed by atoms with E-state index in [1.165, 1.54) is 0 Å². The van der Waals surface area contributed by atoms with E-state index < -0.39 is 0 Å². The van der Waals surface area contributed by atoms with Gasteiger partial charge in [-0.1, -0.05) is 13.8 Å². The summed E-state index contributed by atoms with van der Waals surface area (Å²) in [5.41, 5.74) is 0.0234. The molecule has 1 fully saturated rings. The Balaban J connectivity index is 2.41. The molecule has 18 heavy (non-hydrogen) atoms. The van der Waals surface area contributed by atoms with Crippen molar-refractivity contribution in [2.24, 2.45) is 0 Å². The van der Waals surface area contributed by atoms with Gasteiger partial charge in [-0.05, 0) is 32.6 Å². The Morgan fingerprint density at radius 2 is 2.06 bits per heavy atom. The summed E-state index contributed by atoms with van der Waals surface area (Å²) in [6, 6.07) is 0.410. The molecule has 4 nitrogen and oxygen atoms in total. The van der Waals surface area contributed by atoms with Crippen LogP contribution in [0.25, 0.3) is 0 Å². The summed E-state index contributed by atoms with van der Waals surface area (Å²) in [6.45, 7) is 8.37. The predicted molar refractivity (Wildman–Crippen MR) is 73.6 cm³/mol. The minimum Gasteiger partial charge on any atom is -0.375 e. The fourth-order valence-corrected chi connectivity index (χ4v) is 2.49. The van der Waals surface area contributed by atoms with E-state index >= 15 is 0 Å². The molecule has 106 valence electrons. The van der Waals surface area contributed by atoms with Gasteiger partial charge in [-0.3, -0.25) is 4.79 Å². The number of hydrogen-bond acceptors (Lipinski definition) is 3. The Morgan fingerprint density at radius 3 is 2.61 bits per heavy atom. The van der Waals surface area contributed by atoms with E-state index in [1.54, 1.807) is 4.90 Å². The number of rotatable bonds is 6. The Labute approximate surface area is 111 Å². The lowest BCUT2D eigenvalue weighted by Crippen LogP contribution is -2.48. The SMILES string of the molecule is CCN(C)C(=O)CNC1CCOC(CC)(CC)C1. The molecule has 0 bridgehead atoms. The number of ether oxygens (including phenoxy) is 1. The average Bonchev–Trinajstić information content (AvgIpc) is 2.43. The molecule has 0 radical (unpaired) electrons. The Morgan fingerprint density at radius 1 is 1.39 bits per heavy atom. The van der Waals surface area contributed by atoms with Crippen LogP contribution in [-0.4, -0.2) is 49.2 Å². The molecule has 4 heteroatoms. The van der Waals surface area contributed by atoms with Crippen molar-refractivity contribution in [2.45, 2.75) is 58.1 Å². The van der Waals surface area contributed by atoms with Crippen LogP contribution in [-0.2, 0) is 9.53 Å². The Bertz CT molecular complexity index is 265. The molecular formula is C14H28N2O2. The van der Waals surface area contributed by atoms with Crippen molar-refractivity contribution in [3.05, 3.63) is 0 Å². The molecule has 1 amide bonds. The topological polar surface area (TPSA) is 41.6 Å². The second-order valence-electron chi connectivity index (χ2n) is 5.22. The van der Waals surface area contributed by atoms with Crippen LogP contribution in [0.2, 0.25) is 0 Å². The summed E-state index contributed by atoms with van der Waals surface area (Å²) in [7, 11) is 1.84. The monoisotopic (exact) mass is 256 g/mol. The van der Waals surface area contributed by atoms with Gasteiger partial charge in [-0.15, -0.1) is 0 Å². The molecule has 1 aliphatic rings. The van der Waals surface area contributed by atoms with Crippen LogP contribution in [0.1, 0.15) is 46.5 Å². The first-order chi connectivity index (χ1) is 8.56. The van der Waals surface area contributed by atoms with Crippen LogP contribution >= 0.6 is 0 Å². The molecule has 0 saturated carbocycles. The largest absolute Gasteiger partial charge is 0.375 e. The van der Waals surface area contributed by atoms with Crippen molar-refractivity contribution < 1.29 is 9.53 Å². The summed E-state index contributed by atoms with van der Waals surface area (Å²) in [5.74, 6) is 0.169. The third kappa shape index (κ3) is 3.95. The second-order valence-corrected chi connectivity index (χ2v) is 5.22.